The van der Waals surface area contributed by atoms with Gasteiger partial charge >= 0.3 is 12.1 Å². The van der Waals surface area contributed by atoms with E-state index in [2.05, 4.69) is 0 Å². The first-order chi connectivity index (χ1) is 12.0. The zero-order valence-electron chi connectivity index (χ0n) is 15.7. The van der Waals surface area contributed by atoms with Gasteiger partial charge < -0.3 is 9.47 Å². The summed E-state index contributed by atoms with van der Waals surface area (Å²) < 4.78 is 48.8. The smallest absolute Gasteiger partial charge is 0.416 e. The van der Waals surface area contributed by atoms with Crippen molar-refractivity contribution < 1.29 is 27.4 Å². The highest BCUT2D eigenvalue weighted by Crippen LogP contribution is 2.30. The van der Waals surface area contributed by atoms with E-state index in [1.807, 2.05) is 20.8 Å². The fraction of sp³-hybridized carbons (Fsp3) is 0.450. The second kappa shape index (κ2) is 8.92. The molecule has 0 aliphatic rings. The SMILES string of the molecule is CCOC(=O)C(=C/c1ccc(C(F)(F)F)cc1)/C(=C\C(C)(C)C)OCC. The number of hydrogen-bond donors (Lipinski definition) is 0. The summed E-state index contributed by atoms with van der Waals surface area (Å²) in [6.45, 7) is 9.84. The summed E-state index contributed by atoms with van der Waals surface area (Å²) in [6, 6.07) is 4.57. The van der Waals surface area contributed by atoms with Gasteiger partial charge in [0.15, 0.2) is 0 Å². The predicted molar refractivity (Wildman–Crippen MR) is 95.2 cm³/mol. The van der Waals surface area contributed by atoms with Gasteiger partial charge in [0.1, 0.15) is 11.3 Å². The molecule has 144 valence electrons. The van der Waals surface area contributed by atoms with Crippen molar-refractivity contribution in [2.75, 3.05) is 13.2 Å². The number of halogens is 3. The lowest BCUT2D eigenvalue weighted by molar-refractivity contribution is -0.139. The summed E-state index contributed by atoms with van der Waals surface area (Å²) >= 11 is 0. The molecule has 0 saturated heterocycles. The Morgan fingerprint density at radius 3 is 1.96 bits per heavy atom. The molecule has 0 spiro atoms. The van der Waals surface area contributed by atoms with Crippen LogP contribution in [-0.4, -0.2) is 19.2 Å². The number of rotatable bonds is 6. The summed E-state index contributed by atoms with van der Waals surface area (Å²) in [4.78, 5) is 12.4. The van der Waals surface area contributed by atoms with Crippen molar-refractivity contribution >= 4 is 12.0 Å². The van der Waals surface area contributed by atoms with Crippen molar-refractivity contribution in [2.45, 2.75) is 40.8 Å². The molecule has 1 rings (SSSR count). The minimum absolute atomic E-state index is 0.170. The van der Waals surface area contributed by atoms with Gasteiger partial charge in [0.2, 0.25) is 0 Å². The van der Waals surface area contributed by atoms with Crippen molar-refractivity contribution in [3.63, 3.8) is 0 Å². The van der Waals surface area contributed by atoms with Crippen LogP contribution < -0.4 is 0 Å². The molecule has 0 amide bonds. The van der Waals surface area contributed by atoms with Gasteiger partial charge in [0.25, 0.3) is 0 Å². The van der Waals surface area contributed by atoms with Crippen LogP contribution in [0.25, 0.3) is 6.08 Å². The van der Waals surface area contributed by atoms with Crippen molar-refractivity contribution in [3.05, 3.63) is 52.8 Å². The van der Waals surface area contributed by atoms with Crippen LogP contribution >= 0.6 is 0 Å². The van der Waals surface area contributed by atoms with Gasteiger partial charge in [0, 0.05) is 0 Å². The second-order valence-electron chi connectivity index (χ2n) is 6.71. The van der Waals surface area contributed by atoms with E-state index >= 15 is 0 Å². The molecule has 3 nitrogen and oxygen atoms in total. The first kappa shape index (κ1) is 21.8. The van der Waals surface area contributed by atoms with Crippen molar-refractivity contribution in [2.24, 2.45) is 5.41 Å². The Morgan fingerprint density at radius 2 is 1.54 bits per heavy atom. The van der Waals surface area contributed by atoms with Gasteiger partial charge in [0.05, 0.1) is 18.8 Å². The molecule has 0 bridgehead atoms. The summed E-state index contributed by atoms with van der Waals surface area (Å²) in [7, 11) is 0. The van der Waals surface area contributed by atoms with Gasteiger partial charge in [-0.05, 0) is 49.1 Å². The standard InChI is InChI=1S/C20H25F3O3/c1-6-25-17(13-19(3,4)5)16(18(24)26-7-2)12-14-8-10-15(11-9-14)20(21,22)23/h8-13H,6-7H2,1-5H3/b16-12+,17-13+. The van der Waals surface area contributed by atoms with E-state index in [1.165, 1.54) is 18.2 Å². The zero-order chi connectivity index (χ0) is 20.0. The summed E-state index contributed by atoms with van der Waals surface area (Å²) in [5, 5.41) is 0. The Bertz CT molecular complexity index is 663. The predicted octanol–water partition coefficient (Wildman–Crippen LogP) is 5.62. The third kappa shape index (κ3) is 6.94. The van der Waals surface area contributed by atoms with E-state index in [9.17, 15) is 18.0 Å². The molecule has 26 heavy (non-hydrogen) atoms. The lowest BCUT2D eigenvalue weighted by atomic mass is 9.93. The summed E-state index contributed by atoms with van der Waals surface area (Å²) in [5.41, 5.74) is -0.400. The molecule has 0 saturated carbocycles. The lowest BCUT2D eigenvalue weighted by Crippen LogP contribution is -2.14. The third-order valence-electron chi connectivity index (χ3n) is 3.17. The molecular formula is C20H25F3O3. The second-order valence-corrected chi connectivity index (χ2v) is 6.71. The first-order valence-electron chi connectivity index (χ1n) is 8.40. The number of esters is 1. The molecular weight excluding hydrogens is 345 g/mol. The van der Waals surface area contributed by atoms with Gasteiger partial charge in [-0.2, -0.15) is 13.2 Å². The number of benzene rings is 1. The Kier molecular flexibility index (Phi) is 7.48. The molecule has 0 N–H and O–H groups in total. The number of alkyl halides is 3. The minimum Gasteiger partial charge on any atom is -0.493 e. The normalized spacial score (nSPS) is 13.5. The van der Waals surface area contributed by atoms with E-state index < -0.39 is 17.7 Å². The van der Waals surface area contributed by atoms with Crippen LogP contribution in [0.1, 0.15) is 45.7 Å². The number of carbonyl (C=O) groups is 1. The van der Waals surface area contributed by atoms with Gasteiger partial charge in [-0.3, -0.25) is 0 Å². The van der Waals surface area contributed by atoms with Crippen molar-refractivity contribution in [1.29, 1.82) is 0 Å². The number of ether oxygens (including phenoxy) is 2. The highest BCUT2D eigenvalue weighted by Gasteiger charge is 2.30. The maximum absolute atomic E-state index is 12.7. The number of hydrogen-bond acceptors (Lipinski definition) is 3. The largest absolute Gasteiger partial charge is 0.493 e. The zero-order valence-corrected chi connectivity index (χ0v) is 15.7. The van der Waals surface area contributed by atoms with E-state index in [0.717, 1.165) is 12.1 Å². The monoisotopic (exact) mass is 370 g/mol. The fourth-order valence-electron chi connectivity index (χ4n) is 2.12. The van der Waals surface area contributed by atoms with Crippen LogP contribution in [0.4, 0.5) is 13.2 Å². The Balaban J connectivity index is 3.38. The molecule has 0 aliphatic carbocycles. The lowest BCUT2D eigenvalue weighted by Gasteiger charge is -2.18. The van der Waals surface area contributed by atoms with Crippen molar-refractivity contribution in [3.8, 4) is 0 Å². The Morgan fingerprint density at radius 1 is 1.00 bits per heavy atom. The third-order valence-corrected chi connectivity index (χ3v) is 3.17. The quantitative estimate of drug-likeness (QED) is 0.282. The highest BCUT2D eigenvalue weighted by molar-refractivity contribution is 5.97. The van der Waals surface area contributed by atoms with Crippen LogP contribution in [0.3, 0.4) is 0 Å². The fourth-order valence-corrected chi connectivity index (χ4v) is 2.12. The van der Waals surface area contributed by atoms with E-state index in [0.29, 0.717) is 17.9 Å². The van der Waals surface area contributed by atoms with Crippen molar-refractivity contribution in [1.82, 2.24) is 0 Å². The number of allylic oxidation sites excluding steroid dienone is 1. The molecule has 0 atom stereocenters. The van der Waals surface area contributed by atoms with E-state index in [-0.39, 0.29) is 17.6 Å². The summed E-state index contributed by atoms with van der Waals surface area (Å²) in [5.74, 6) is -0.241. The van der Waals surface area contributed by atoms with E-state index in [1.54, 1.807) is 19.9 Å². The van der Waals surface area contributed by atoms with Gasteiger partial charge in [-0.15, -0.1) is 0 Å². The molecule has 1 aromatic carbocycles. The number of carbonyl (C=O) groups excluding carboxylic acids is 1. The van der Waals surface area contributed by atoms with Crippen LogP contribution in [0.5, 0.6) is 0 Å². The maximum atomic E-state index is 12.7. The minimum atomic E-state index is -4.41. The average molecular weight is 370 g/mol. The Hall–Kier alpha value is -2.24. The van der Waals surface area contributed by atoms with Gasteiger partial charge in [-0.1, -0.05) is 32.9 Å². The summed E-state index contributed by atoms with van der Waals surface area (Å²) in [6.07, 6.45) is -1.14. The topological polar surface area (TPSA) is 35.5 Å². The molecule has 0 radical (unpaired) electrons. The molecule has 1 aromatic rings. The highest BCUT2D eigenvalue weighted by atomic mass is 19.4. The van der Waals surface area contributed by atoms with Crippen LogP contribution in [0.2, 0.25) is 0 Å². The molecule has 0 heterocycles. The molecule has 0 aliphatic heterocycles. The van der Waals surface area contributed by atoms with Gasteiger partial charge in [-0.25, -0.2) is 4.79 Å². The van der Waals surface area contributed by atoms with Crippen LogP contribution in [-0.2, 0) is 20.4 Å². The Labute approximate surface area is 152 Å². The van der Waals surface area contributed by atoms with Crippen LogP contribution in [0, 0.1) is 5.41 Å². The average Bonchev–Trinajstić information content (AvgIpc) is 2.50. The first-order valence-corrected chi connectivity index (χ1v) is 8.40. The molecule has 6 heteroatoms. The molecule has 0 aromatic heterocycles. The maximum Gasteiger partial charge on any atom is 0.416 e. The van der Waals surface area contributed by atoms with E-state index in [4.69, 9.17) is 9.47 Å². The van der Waals surface area contributed by atoms with Crippen LogP contribution in [0.15, 0.2) is 41.7 Å². The molecule has 0 fully saturated rings. The molecule has 0 unspecified atom stereocenters.